The summed E-state index contributed by atoms with van der Waals surface area (Å²) in [5, 5.41) is 7.72. The van der Waals surface area contributed by atoms with E-state index in [1.807, 2.05) is 17.1 Å². The Hall–Kier alpha value is -1.01. The maximum Gasteiger partial charge on any atom is 0.249 e. The second kappa shape index (κ2) is 5.07. The quantitative estimate of drug-likeness (QED) is 0.923. The van der Waals surface area contributed by atoms with Crippen molar-refractivity contribution < 1.29 is 13.5 Å². The van der Waals surface area contributed by atoms with E-state index in [0.29, 0.717) is 13.2 Å². The Morgan fingerprint density at radius 3 is 3.00 bits per heavy atom. The zero-order chi connectivity index (χ0) is 14.2. The highest BCUT2D eigenvalue weighted by Gasteiger charge is 2.57. The van der Waals surface area contributed by atoms with Gasteiger partial charge in [-0.25, -0.2) is 8.78 Å². The molecule has 0 bridgehead atoms. The predicted octanol–water partition coefficient (Wildman–Crippen LogP) is 2.37. The first-order chi connectivity index (χ1) is 9.52. The van der Waals surface area contributed by atoms with Crippen molar-refractivity contribution in [3.63, 3.8) is 0 Å². The number of piperidine rings is 1. The van der Waals surface area contributed by atoms with Gasteiger partial charge >= 0.3 is 0 Å². The highest BCUT2D eigenvalue weighted by atomic mass is 19.3. The van der Waals surface area contributed by atoms with Crippen LogP contribution < -0.4 is 5.32 Å². The van der Waals surface area contributed by atoms with Crippen LogP contribution in [0.5, 0.6) is 0 Å². The molecule has 3 rings (SSSR count). The maximum atomic E-state index is 13.2. The summed E-state index contributed by atoms with van der Waals surface area (Å²) in [7, 11) is 1.66. The smallest absolute Gasteiger partial charge is 0.249 e. The van der Waals surface area contributed by atoms with Gasteiger partial charge in [0.25, 0.3) is 0 Å². The predicted molar refractivity (Wildman–Crippen MR) is 70.7 cm³/mol. The summed E-state index contributed by atoms with van der Waals surface area (Å²) in [6, 6.07) is 0.149. The van der Waals surface area contributed by atoms with Crippen molar-refractivity contribution in [1.82, 2.24) is 15.1 Å². The van der Waals surface area contributed by atoms with E-state index in [0.717, 1.165) is 24.9 Å². The molecule has 1 saturated carbocycles. The van der Waals surface area contributed by atoms with Crippen molar-refractivity contribution >= 4 is 0 Å². The Labute approximate surface area is 117 Å². The van der Waals surface area contributed by atoms with Gasteiger partial charge in [0.05, 0.1) is 19.3 Å². The van der Waals surface area contributed by atoms with Gasteiger partial charge in [0.1, 0.15) is 0 Å². The number of rotatable bonds is 4. The van der Waals surface area contributed by atoms with Gasteiger partial charge in [0.2, 0.25) is 5.92 Å². The molecule has 20 heavy (non-hydrogen) atoms. The fourth-order valence-electron chi connectivity index (χ4n) is 3.59. The summed E-state index contributed by atoms with van der Waals surface area (Å²) >= 11 is 0. The van der Waals surface area contributed by atoms with Gasteiger partial charge < -0.3 is 10.1 Å². The Morgan fingerprint density at radius 2 is 2.30 bits per heavy atom. The fraction of sp³-hybridized carbons (Fsp3) is 0.786. The van der Waals surface area contributed by atoms with Gasteiger partial charge in [0.15, 0.2) is 0 Å². The number of aromatic nitrogens is 2. The molecule has 1 spiro atoms. The third-order valence-corrected chi connectivity index (χ3v) is 4.53. The van der Waals surface area contributed by atoms with Crippen LogP contribution in [0.3, 0.4) is 0 Å². The summed E-state index contributed by atoms with van der Waals surface area (Å²) in [5.41, 5.74) is 0.934. The summed E-state index contributed by atoms with van der Waals surface area (Å²) in [6.07, 6.45) is 5.58. The van der Waals surface area contributed by atoms with Gasteiger partial charge in [0, 0.05) is 37.8 Å². The molecule has 1 atom stereocenters. The van der Waals surface area contributed by atoms with E-state index >= 15 is 0 Å². The largest absolute Gasteiger partial charge is 0.383 e. The van der Waals surface area contributed by atoms with E-state index < -0.39 is 5.92 Å². The van der Waals surface area contributed by atoms with Gasteiger partial charge in [-0.05, 0) is 24.8 Å². The number of hydrogen-bond acceptors (Lipinski definition) is 3. The molecule has 2 heterocycles. The molecule has 1 aromatic rings. The minimum atomic E-state index is -2.44. The lowest BCUT2D eigenvalue weighted by atomic mass is 9.59. The Balaban J connectivity index is 1.64. The van der Waals surface area contributed by atoms with Gasteiger partial charge in [-0.3, -0.25) is 4.68 Å². The van der Waals surface area contributed by atoms with Crippen molar-refractivity contribution in [2.75, 3.05) is 20.3 Å². The summed E-state index contributed by atoms with van der Waals surface area (Å²) < 4.78 is 33.2. The van der Waals surface area contributed by atoms with Gasteiger partial charge in [-0.1, -0.05) is 0 Å². The van der Waals surface area contributed by atoms with Crippen molar-refractivity contribution in [1.29, 1.82) is 0 Å². The lowest BCUT2D eigenvalue weighted by Gasteiger charge is -2.51. The van der Waals surface area contributed by atoms with Crippen LogP contribution in [0.25, 0.3) is 0 Å². The average molecular weight is 285 g/mol. The molecule has 1 N–H and O–H groups in total. The normalized spacial score (nSPS) is 27.4. The topological polar surface area (TPSA) is 39.1 Å². The van der Waals surface area contributed by atoms with E-state index in [-0.39, 0.29) is 24.3 Å². The molecule has 0 amide bonds. The number of methoxy groups -OCH3 is 1. The van der Waals surface area contributed by atoms with E-state index in [4.69, 9.17) is 4.74 Å². The standard InChI is InChI=1S/C14H21F2N3O/c1-20-5-4-19-8-11(7-18-19)12-6-13(2-3-17-12)9-14(15,16)10-13/h7-8,12,17H,2-6,9-10H2,1H3/t12-/m1/s1. The third-order valence-electron chi connectivity index (χ3n) is 4.53. The number of hydrogen-bond donors (Lipinski definition) is 1. The summed E-state index contributed by atoms with van der Waals surface area (Å²) in [4.78, 5) is 0. The molecule has 0 unspecified atom stereocenters. The molecule has 4 nitrogen and oxygen atoms in total. The van der Waals surface area contributed by atoms with Crippen LogP contribution in [0.1, 0.15) is 37.3 Å². The van der Waals surface area contributed by atoms with Crippen LogP contribution in [0.4, 0.5) is 8.78 Å². The van der Waals surface area contributed by atoms with E-state index in [9.17, 15) is 8.78 Å². The molecule has 2 fully saturated rings. The van der Waals surface area contributed by atoms with E-state index in [1.54, 1.807) is 7.11 Å². The first-order valence-electron chi connectivity index (χ1n) is 7.15. The first-order valence-corrected chi connectivity index (χ1v) is 7.15. The molecule has 2 aliphatic rings. The van der Waals surface area contributed by atoms with Crippen molar-refractivity contribution in [3.8, 4) is 0 Å². The van der Waals surface area contributed by atoms with Crippen LogP contribution >= 0.6 is 0 Å². The van der Waals surface area contributed by atoms with E-state index in [1.165, 1.54) is 0 Å². The number of nitrogens with zero attached hydrogens (tertiary/aromatic N) is 2. The van der Waals surface area contributed by atoms with E-state index in [2.05, 4.69) is 10.4 Å². The molecule has 0 radical (unpaired) electrons. The lowest BCUT2D eigenvalue weighted by Crippen LogP contribution is -2.52. The van der Waals surface area contributed by atoms with Crippen molar-refractivity contribution in [3.05, 3.63) is 18.0 Å². The molecule has 0 aromatic carbocycles. The second-order valence-electron chi connectivity index (χ2n) is 6.20. The van der Waals surface area contributed by atoms with Crippen LogP contribution in [0, 0.1) is 5.41 Å². The van der Waals surface area contributed by atoms with Crippen LogP contribution in [0.2, 0.25) is 0 Å². The monoisotopic (exact) mass is 285 g/mol. The molecule has 1 saturated heterocycles. The number of nitrogens with one attached hydrogen (secondary N) is 1. The maximum absolute atomic E-state index is 13.2. The zero-order valence-corrected chi connectivity index (χ0v) is 11.7. The van der Waals surface area contributed by atoms with Crippen LogP contribution in [0.15, 0.2) is 12.4 Å². The second-order valence-corrected chi connectivity index (χ2v) is 6.20. The van der Waals surface area contributed by atoms with Crippen LogP contribution in [-0.4, -0.2) is 36.0 Å². The van der Waals surface area contributed by atoms with Gasteiger partial charge in [-0.15, -0.1) is 0 Å². The van der Waals surface area contributed by atoms with Gasteiger partial charge in [-0.2, -0.15) is 5.10 Å². The lowest BCUT2D eigenvalue weighted by molar-refractivity contribution is -0.174. The minimum absolute atomic E-state index is 0.0516. The zero-order valence-electron chi connectivity index (χ0n) is 11.7. The average Bonchev–Trinajstić information content (AvgIpc) is 2.83. The minimum Gasteiger partial charge on any atom is -0.383 e. The van der Waals surface area contributed by atoms with Crippen LogP contribution in [-0.2, 0) is 11.3 Å². The summed E-state index contributed by atoms with van der Waals surface area (Å²) in [6.45, 7) is 2.14. The third kappa shape index (κ3) is 2.72. The first kappa shape index (κ1) is 13.9. The molecule has 1 aromatic heterocycles. The highest BCUT2D eigenvalue weighted by Crippen LogP contribution is 2.58. The Kier molecular flexibility index (Phi) is 3.54. The SMILES string of the molecule is COCCn1cc([C@H]2CC3(CCN2)CC(F)(F)C3)cn1. The summed E-state index contributed by atoms with van der Waals surface area (Å²) in [5.74, 6) is -2.44. The number of halogens is 2. The molecule has 112 valence electrons. The Morgan fingerprint density at radius 1 is 1.50 bits per heavy atom. The molecule has 6 heteroatoms. The molecule has 1 aliphatic heterocycles. The molecular weight excluding hydrogens is 264 g/mol. The Bertz CT molecular complexity index is 467. The molecule has 1 aliphatic carbocycles. The molecular formula is C14H21F2N3O. The van der Waals surface area contributed by atoms with Crippen molar-refractivity contribution in [2.45, 2.75) is 44.2 Å². The highest BCUT2D eigenvalue weighted by molar-refractivity contribution is 5.15. The fourth-order valence-corrected chi connectivity index (χ4v) is 3.59. The number of alkyl halides is 2. The van der Waals surface area contributed by atoms with Crippen molar-refractivity contribution in [2.24, 2.45) is 5.41 Å². The number of ether oxygens (including phenoxy) is 1.